The van der Waals surface area contributed by atoms with Crippen molar-refractivity contribution in [2.75, 3.05) is 32.1 Å². The fraction of sp³-hybridized carbons (Fsp3) is 0.750. The van der Waals surface area contributed by atoms with Crippen molar-refractivity contribution in [1.29, 1.82) is 0 Å². The molecule has 1 rings (SSSR count). The first kappa shape index (κ1) is 17.5. The predicted octanol–water partition coefficient (Wildman–Crippen LogP) is 0.865. The summed E-state index contributed by atoms with van der Waals surface area (Å²) in [6, 6.07) is -0.0416. The molecule has 1 N–H and O–H groups in total. The van der Waals surface area contributed by atoms with Crippen LogP contribution in [-0.2, 0) is 16.6 Å². The van der Waals surface area contributed by atoms with Crippen LogP contribution in [0.3, 0.4) is 0 Å². The lowest BCUT2D eigenvalue weighted by molar-refractivity contribution is 0.415. The fourth-order valence-electron chi connectivity index (χ4n) is 1.72. The van der Waals surface area contributed by atoms with Gasteiger partial charge in [0.2, 0.25) is 10.0 Å². The van der Waals surface area contributed by atoms with E-state index >= 15 is 0 Å². The molecule has 0 radical (unpaired) electrons. The van der Waals surface area contributed by atoms with Gasteiger partial charge in [0.05, 0.1) is 12.7 Å². The van der Waals surface area contributed by atoms with E-state index in [-0.39, 0.29) is 10.9 Å². The van der Waals surface area contributed by atoms with Crippen LogP contribution in [0.2, 0.25) is 0 Å². The minimum absolute atomic E-state index is 0.0416. The van der Waals surface area contributed by atoms with Crippen molar-refractivity contribution in [3.05, 3.63) is 12.4 Å². The summed E-state index contributed by atoms with van der Waals surface area (Å²) >= 11 is 1.63. The van der Waals surface area contributed by atoms with Crippen LogP contribution in [0.5, 0.6) is 0 Å². The molecule has 0 bridgehead atoms. The first-order chi connectivity index (χ1) is 9.43. The molecular formula is C12H24N4O2S2. The van der Waals surface area contributed by atoms with E-state index in [1.807, 2.05) is 20.1 Å². The second-order valence-electron chi connectivity index (χ2n) is 4.62. The molecule has 1 unspecified atom stereocenters. The number of thioether (sulfide) groups is 1. The molecule has 0 saturated carbocycles. The maximum Gasteiger partial charge on any atom is 0.246 e. The number of nitrogens with zero attached hydrogens (tertiary/aromatic N) is 3. The molecule has 0 spiro atoms. The van der Waals surface area contributed by atoms with Gasteiger partial charge in [0.1, 0.15) is 4.90 Å². The molecule has 1 aromatic heterocycles. The number of hydrogen-bond donors (Lipinski definition) is 1. The van der Waals surface area contributed by atoms with E-state index in [1.165, 1.54) is 10.5 Å². The van der Waals surface area contributed by atoms with Crippen LogP contribution < -0.4 is 5.32 Å². The molecule has 0 aromatic carbocycles. The van der Waals surface area contributed by atoms with Gasteiger partial charge in [-0.1, -0.05) is 6.92 Å². The van der Waals surface area contributed by atoms with E-state index in [1.54, 1.807) is 29.7 Å². The number of rotatable bonds is 9. The van der Waals surface area contributed by atoms with Gasteiger partial charge >= 0.3 is 0 Å². The molecule has 0 aliphatic heterocycles. The Morgan fingerprint density at radius 1 is 1.55 bits per heavy atom. The lowest BCUT2D eigenvalue weighted by Gasteiger charge is -2.22. The Morgan fingerprint density at radius 2 is 2.25 bits per heavy atom. The van der Waals surface area contributed by atoms with Crippen molar-refractivity contribution in [2.24, 2.45) is 0 Å². The van der Waals surface area contributed by atoms with E-state index in [0.717, 1.165) is 18.8 Å². The predicted molar refractivity (Wildman–Crippen MR) is 83.6 cm³/mol. The van der Waals surface area contributed by atoms with E-state index in [0.29, 0.717) is 6.54 Å². The molecule has 20 heavy (non-hydrogen) atoms. The van der Waals surface area contributed by atoms with Crippen molar-refractivity contribution in [1.82, 2.24) is 19.4 Å². The average molecular weight is 320 g/mol. The Hall–Kier alpha value is -0.570. The Labute approximate surface area is 126 Å². The number of sulfonamides is 1. The smallest absolute Gasteiger partial charge is 0.246 e. The second kappa shape index (κ2) is 8.02. The fourth-order valence-corrected chi connectivity index (χ4v) is 3.84. The normalized spacial score (nSPS) is 13.8. The lowest BCUT2D eigenvalue weighted by Crippen LogP contribution is -2.36. The standard InChI is InChI=1S/C12H24N4O2S2/c1-5-13-6-7-16-9-12(8-14-16)20(17,18)15(3)11(2)10-19-4/h8-9,11,13H,5-7,10H2,1-4H3. The van der Waals surface area contributed by atoms with Gasteiger partial charge in [-0.3, -0.25) is 4.68 Å². The van der Waals surface area contributed by atoms with E-state index in [9.17, 15) is 8.42 Å². The Kier molecular flexibility index (Phi) is 7.01. The van der Waals surface area contributed by atoms with Crippen molar-refractivity contribution < 1.29 is 8.42 Å². The highest BCUT2D eigenvalue weighted by molar-refractivity contribution is 7.98. The monoisotopic (exact) mass is 320 g/mol. The van der Waals surface area contributed by atoms with Crippen LogP contribution in [-0.4, -0.2) is 60.7 Å². The van der Waals surface area contributed by atoms with Crippen molar-refractivity contribution in [3.63, 3.8) is 0 Å². The summed E-state index contributed by atoms with van der Waals surface area (Å²) < 4.78 is 27.9. The van der Waals surface area contributed by atoms with Crippen LogP contribution >= 0.6 is 11.8 Å². The van der Waals surface area contributed by atoms with Gasteiger partial charge < -0.3 is 5.32 Å². The number of nitrogens with one attached hydrogen (secondary N) is 1. The molecule has 6 nitrogen and oxygen atoms in total. The number of aromatic nitrogens is 2. The lowest BCUT2D eigenvalue weighted by atomic mass is 10.4. The SMILES string of the molecule is CCNCCn1cc(S(=O)(=O)N(C)C(C)CSC)cn1. The molecule has 0 aliphatic rings. The van der Waals surface area contributed by atoms with Crippen molar-refractivity contribution >= 4 is 21.8 Å². The minimum Gasteiger partial charge on any atom is -0.315 e. The van der Waals surface area contributed by atoms with Crippen molar-refractivity contribution in [3.8, 4) is 0 Å². The summed E-state index contributed by atoms with van der Waals surface area (Å²) in [5, 5.41) is 7.29. The van der Waals surface area contributed by atoms with Gasteiger partial charge in [-0.05, 0) is 19.7 Å². The maximum atomic E-state index is 12.4. The van der Waals surface area contributed by atoms with Gasteiger partial charge in [-0.25, -0.2) is 8.42 Å². The van der Waals surface area contributed by atoms with Gasteiger partial charge in [0, 0.05) is 31.6 Å². The van der Waals surface area contributed by atoms with Crippen LogP contribution in [0, 0.1) is 0 Å². The summed E-state index contributed by atoms with van der Waals surface area (Å²) in [6.45, 7) is 6.26. The minimum atomic E-state index is -3.45. The third-order valence-electron chi connectivity index (χ3n) is 3.08. The number of hydrogen-bond acceptors (Lipinski definition) is 5. The molecule has 116 valence electrons. The number of likely N-dealkylation sites (N-methyl/N-ethyl adjacent to an activating group) is 1. The summed E-state index contributed by atoms with van der Waals surface area (Å²) in [4.78, 5) is 0.254. The molecule has 0 amide bonds. The van der Waals surface area contributed by atoms with E-state index < -0.39 is 10.0 Å². The van der Waals surface area contributed by atoms with Gasteiger partial charge in [-0.15, -0.1) is 0 Å². The zero-order chi connectivity index (χ0) is 15.2. The topological polar surface area (TPSA) is 67.2 Å². The molecule has 1 heterocycles. The molecule has 1 atom stereocenters. The van der Waals surface area contributed by atoms with Gasteiger partial charge in [0.15, 0.2) is 0 Å². The highest BCUT2D eigenvalue weighted by Gasteiger charge is 2.26. The third kappa shape index (κ3) is 4.47. The quantitative estimate of drug-likeness (QED) is 0.684. The first-order valence-corrected chi connectivity index (χ1v) is 9.47. The largest absolute Gasteiger partial charge is 0.315 e. The van der Waals surface area contributed by atoms with Gasteiger partial charge in [-0.2, -0.15) is 21.2 Å². The zero-order valence-electron chi connectivity index (χ0n) is 12.5. The molecule has 1 aromatic rings. The maximum absolute atomic E-state index is 12.4. The van der Waals surface area contributed by atoms with E-state index in [2.05, 4.69) is 10.4 Å². The molecule has 0 saturated heterocycles. The zero-order valence-corrected chi connectivity index (χ0v) is 14.2. The Morgan fingerprint density at radius 3 is 2.85 bits per heavy atom. The molecule has 8 heteroatoms. The van der Waals surface area contributed by atoms with Crippen LogP contribution in [0.1, 0.15) is 13.8 Å². The average Bonchev–Trinajstić information content (AvgIpc) is 2.88. The molecule has 0 fully saturated rings. The summed E-state index contributed by atoms with van der Waals surface area (Å²) in [6.07, 6.45) is 4.98. The van der Waals surface area contributed by atoms with E-state index in [4.69, 9.17) is 0 Å². The first-order valence-electron chi connectivity index (χ1n) is 6.63. The van der Waals surface area contributed by atoms with Gasteiger partial charge in [0.25, 0.3) is 0 Å². The summed E-state index contributed by atoms with van der Waals surface area (Å²) in [5.41, 5.74) is 0. The van der Waals surface area contributed by atoms with Crippen molar-refractivity contribution in [2.45, 2.75) is 31.3 Å². The van der Waals surface area contributed by atoms with Crippen LogP contribution in [0.25, 0.3) is 0 Å². The Bertz CT molecular complexity index is 501. The molecule has 0 aliphatic carbocycles. The summed E-state index contributed by atoms with van der Waals surface area (Å²) in [7, 11) is -1.84. The molecular weight excluding hydrogens is 296 g/mol. The van der Waals surface area contributed by atoms with Crippen LogP contribution in [0.4, 0.5) is 0 Å². The highest BCUT2D eigenvalue weighted by Crippen LogP contribution is 2.17. The third-order valence-corrected chi connectivity index (χ3v) is 5.82. The Balaban J connectivity index is 2.77. The highest BCUT2D eigenvalue weighted by atomic mass is 32.2. The van der Waals surface area contributed by atoms with Crippen LogP contribution in [0.15, 0.2) is 17.3 Å². The summed E-state index contributed by atoms with van der Waals surface area (Å²) in [5.74, 6) is 0.768. The second-order valence-corrected chi connectivity index (χ2v) is 7.53.